The molecule has 1 aliphatic rings. The molecule has 192 valence electrons. The van der Waals surface area contributed by atoms with Crippen LogP contribution < -0.4 is 10.6 Å². The second kappa shape index (κ2) is 9.65. The average Bonchev–Trinajstić information content (AvgIpc) is 2.86. The van der Waals surface area contributed by atoms with E-state index in [1.807, 2.05) is 26.8 Å². The van der Waals surface area contributed by atoms with Gasteiger partial charge in [0, 0.05) is 24.3 Å². The normalized spacial score (nSPS) is 18.1. The average molecular weight is 504 g/mol. The number of hydrogen-bond donors (Lipinski definition) is 0. The minimum Gasteiger partial charge on any atom is -0.353 e. The number of aryl methyl sites for hydroxylation is 1. The van der Waals surface area contributed by atoms with Gasteiger partial charge >= 0.3 is 5.69 Å². The molecule has 3 aromatic heterocycles. The van der Waals surface area contributed by atoms with Crippen molar-refractivity contribution in [3.05, 3.63) is 76.0 Å². The van der Waals surface area contributed by atoms with Crippen LogP contribution in [0, 0.1) is 24.5 Å². The molecule has 0 bridgehead atoms. The third-order valence-corrected chi connectivity index (χ3v) is 7.24. The summed E-state index contributed by atoms with van der Waals surface area (Å²) in [5.41, 5.74) is 1.69. The van der Waals surface area contributed by atoms with Crippen LogP contribution in [0.15, 0.2) is 47.4 Å². The molecule has 0 aliphatic carbocycles. The molecule has 1 aromatic carbocycles. The Labute approximate surface area is 215 Å². The van der Waals surface area contributed by atoms with E-state index in [0.717, 1.165) is 18.4 Å². The van der Waals surface area contributed by atoms with Gasteiger partial charge in [-0.15, -0.1) is 0 Å². The molecule has 8 heteroatoms. The van der Waals surface area contributed by atoms with Crippen molar-refractivity contribution in [1.82, 2.24) is 19.5 Å². The van der Waals surface area contributed by atoms with Gasteiger partial charge in [0.1, 0.15) is 23.1 Å². The summed E-state index contributed by atoms with van der Waals surface area (Å²) in [6.45, 7) is 10.8. The maximum absolute atomic E-state index is 15.7. The Bertz CT molecular complexity index is 1550. The van der Waals surface area contributed by atoms with Crippen LogP contribution >= 0.6 is 0 Å². The van der Waals surface area contributed by atoms with Gasteiger partial charge in [-0.1, -0.05) is 32.9 Å². The first-order valence-electron chi connectivity index (χ1n) is 12.8. The van der Waals surface area contributed by atoms with E-state index < -0.39 is 17.3 Å². The van der Waals surface area contributed by atoms with Crippen molar-refractivity contribution in [2.45, 2.75) is 59.4 Å². The fraction of sp³-hybridized carbons (Fsp3) is 0.379. The molecular weight excluding hydrogens is 472 g/mol. The van der Waals surface area contributed by atoms with Crippen molar-refractivity contribution in [1.29, 1.82) is 0 Å². The number of hydrogen-bond acceptors (Lipinski definition) is 5. The van der Waals surface area contributed by atoms with Crippen LogP contribution in [0.2, 0.25) is 0 Å². The minimum atomic E-state index is -0.671. The van der Waals surface area contributed by atoms with E-state index in [-0.39, 0.29) is 28.9 Å². The van der Waals surface area contributed by atoms with Crippen LogP contribution in [0.5, 0.6) is 0 Å². The van der Waals surface area contributed by atoms with Crippen molar-refractivity contribution in [3.8, 4) is 16.9 Å². The van der Waals surface area contributed by atoms with Crippen LogP contribution in [-0.4, -0.2) is 32.1 Å². The van der Waals surface area contributed by atoms with Gasteiger partial charge in [0.25, 0.3) is 0 Å². The third kappa shape index (κ3) is 4.38. The lowest BCUT2D eigenvalue weighted by molar-refractivity contribution is 0.388. The fourth-order valence-electron chi connectivity index (χ4n) is 5.24. The SMILES string of the molecule is Cc1ccnc(C(C)C)c1-n1c(=O)nc(N2C[C@H](C)CC[C@H]2C)c2cc(F)c(-c3ccccc3F)nc21. The highest BCUT2D eigenvalue weighted by Gasteiger charge is 2.29. The zero-order valence-electron chi connectivity index (χ0n) is 21.8. The summed E-state index contributed by atoms with van der Waals surface area (Å²) in [5.74, 6) is -0.439. The Kier molecular flexibility index (Phi) is 6.52. The molecule has 4 heterocycles. The van der Waals surface area contributed by atoms with E-state index in [0.29, 0.717) is 35.0 Å². The third-order valence-electron chi connectivity index (χ3n) is 7.24. The summed E-state index contributed by atoms with van der Waals surface area (Å²) in [7, 11) is 0. The molecule has 0 spiro atoms. The summed E-state index contributed by atoms with van der Waals surface area (Å²) in [6, 6.07) is 9.22. The maximum atomic E-state index is 15.7. The zero-order chi connectivity index (χ0) is 26.4. The Morgan fingerprint density at radius 1 is 1.03 bits per heavy atom. The summed E-state index contributed by atoms with van der Waals surface area (Å²) in [4.78, 5) is 29.6. The number of rotatable bonds is 4. The molecule has 0 unspecified atom stereocenters. The molecular formula is C29H31F2N5O. The largest absolute Gasteiger partial charge is 0.355 e. The summed E-state index contributed by atoms with van der Waals surface area (Å²) < 4.78 is 31.8. The first-order chi connectivity index (χ1) is 17.7. The van der Waals surface area contributed by atoms with Crippen molar-refractivity contribution in [2.24, 2.45) is 5.92 Å². The molecule has 6 nitrogen and oxygen atoms in total. The lowest BCUT2D eigenvalue weighted by atomic mass is 9.95. The number of aromatic nitrogens is 4. The fourth-order valence-corrected chi connectivity index (χ4v) is 5.24. The maximum Gasteiger partial charge on any atom is 0.355 e. The lowest BCUT2D eigenvalue weighted by Crippen LogP contribution is -2.43. The van der Waals surface area contributed by atoms with E-state index in [1.54, 1.807) is 18.3 Å². The van der Waals surface area contributed by atoms with Gasteiger partial charge in [0.2, 0.25) is 0 Å². The topological polar surface area (TPSA) is 63.9 Å². The van der Waals surface area contributed by atoms with Gasteiger partial charge in [-0.2, -0.15) is 4.98 Å². The molecule has 0 amide bonds. The van der Waals surface area contributed by atoms with Crippen molar-refractivity contribution in [2.75, 3.05) is 11.4 Å². The van der Waals surface area contributed by atoms with Crippen LogP contribution in [0.3, 0.4) is 0 Å². The molecule has 0 saturated carbocycles. The highest BCUT2D eigenvalue weighted by Crippen LogP contribution is 2.35. The van der Waals surface area contributed by atoms with Gasteiger partial charge in [-0.05, 0) is 68.4 Å². The van der Waals surface area contributed by atoms with Crippen LogP contribution in [0.4, 0.5) is 14.6 Å². The molecule has 5 rings (SSSR count). The van der Waals surface area contributed by atoms with Gasteiger partial charge in [0.05, 0.1) is 16.8 Å². The highest BCUT2D eigenvalue weighted by molar-refractivity contribution is 5.90. The number of pyridine rings is 2. The zero-order valence-corrected chi connectivity index (χ0v) is 21.8. The van der Waals surface area contributed by atoms with Gasteiger partial charge in [0.15, 0.2) is 5.65 Å². The van der Waals surface area contributed by atoms with Gasteiger partial charge in [-0.3, -0.25) is 4.98 Å². The second-order valence-electron chi connectivity index (χ2n) is 10.4. The van der Waals surface area contributed by atoms with Crippen LogP contribution in [0.1, 0.15) is 57.7 Å². The van der Waals surface area contributed by atoms with Crippen LogP contribution in [-0.2, 0) is 0 Å². The van der Waals surface area contributed by atoms with E-state index in [1.165, 1.54) is 22.8 Å². The summed E-state index contributed by atoms with van der Waals surface area (Å²) >= 11 is 0. The molecule has 2 atom stereocenters. The number of benzene rings is 1. The number of anilines is 1. The molecule has 37 heavy (non-hydrogen) atoms. The first-order valence-corrected chi connectivity index (χ1v) is 12.8. The molecule has 0 radical (unpaired) electrons. The smallest absolute Gasteiger partial charge is 0.353 e. The Morgan fingerprint density at radius 3 is 2.51 bits per heavy atom. The van der Waals surface area contributed by atoms with Crippen molar-refractivity contribution >= 4 is 16.9 Å². The standard InChI is InChI=1S/C29H31F2N5O/c1-16(2)24-26(18(4)12-13-32-24)36-28-21(14-23(31)25(33-28)20-8-6-7-9-22(20)30)27(34-29(36)37)35-15-17(3)10-11-19(35)5/h6-9,12-14,16-17,19H,10-11,15H2,1-5H3/t17-,19-/m1/s1. The van der Waals surface area contributed by atoms with E-state index in [2.05, 4.69) is 33.7 Å². The summed E-state index contributed by atoms with van der Waals surface area (Å²) in [5, 5.41) is 0.413. The molecule has 0 N–H and O–H groups in total. The molecule has 4 aromatic rings. The van der Waals surface area contributed by atoms with Gasteiger partial charge < -0.3 is 4.90 Å². The van der Waals surface area contributed by atoms with E-state index in [9.17, 15) is 9.18 Å². The molecule has 1 aliphatic heterocycles. The Balaban J connectivity index is 1.90. The Morgan fingerprint density at radius 2 is 1.78 bits per heavy atom. The van der Waals surface area contributed by atoms with E-state index in [4.69, 9.17) is 0 Å². The lowest BCUT2D eigenvalue weighted by Gasteiger charge is -2.38. The molecule has 1 fully saturated rings. The molecule has 1 saturated heterocycles. The highest BCUT2D eigenvalue weighted by atomic mass is 19.1. The number of fused-ring (bicyclic) bond motifs is 1. The van der Waals surface area contributed by atoms with E-state index >= 15 is 4.39 Å². The van der Waals surface area contributed by atoms with Crippen molar-refractivity contribution in [3.63, 3.8) is 0 Å². The first kappa shape index (κ1) is 25.0. The second-order valence-corrected chi connectivity index (χ2v) is 10.4. The number of nitrogens with zero attached hydrogens (tertiary/aromatic N) is 5. The monoisotopic (exact) mass is 503 g/mol. The van der Waals surface area contributed by atoms with Crippen LogP contribution in [0.25, 0.3) is 28.0 Å². The number of halogens is 2. The Hall–Kier alpha value is -3.68. The van der Waals surface area contributed by atoms with Gasteiger partial charge in [-0.25, -0.2) is 23.1 Å². The number of piperidine rings is 1. The van der Waals surface area contributed by atoms with Crippen molar-refractivity contribution < 1.29 is 8.78 Å². The minimum absolute atomic E-state index is 0.00554. The quantitative estimate of drug-likeness (QED) is 0.333. The predicted octanol–water partition coefficient (Wildman–Crippen LogP) is 6.18. The summed E-state index contributed by atoms with van der Waals surface area (Å²) in [6.07, 6.45) is 3.72. The predicted molar refractivity (Wildman–Crippen MR) is 142 cm³/mol.